The molecule has 2 fully saturated rings. The quantitative estimate of drug-likeness (QED) is 0.894. The van der Waals surface area contributed by atoms with E-state index in [1.807, 2.05) is 11.8 Å². The van der Waals surface area contributed by atoms with Crippen molar-refractivity contribution in [1.82, 2.24) is 0 Å². The lowest BCUT2D eigenvalue weighted by Crippen LogP contribution is -2.35. The number of fused-ring (bicyclic) bond motifs is 2. The minimum Gasteiger partial charge on any atom is -0.496 e. The molecule has 2 aliphatic rings. The molecule has 2 unspecified atom stereocenters. The van der Waals surface area contributed by atoms with E-state index in [0.29, 0.717) is 34.7 Å². The first-order valence-electron chi connectivity index (χ1n) is 6.33. The molecular weight excluding hydrogens is 251 g/mol. The van der Waals surface area contributed by atoms with Crippen molar-refractivity contribution < 1.29 is 14.2 Å². The third-order valence-corrected chi connectivity index (χ3v) is 5.56. The summed E-state index contributed by atoms with van der Waals surface area (Å²) < 4.78 is 19.3. The van der Waals surface area contributed by atoms with E-state index >= 15 is 0 Å². The molecule has 2 nitrogen and oxygen atoms in total. The predicted octanol–water partition coefficient (Wildman–Crippen LogP) is 3.08. The highest BCUT2D eigenvalue weighted by Crippen LogP contribution is 2.53. The number of halogens is 1. The molecular formula is C14H17FO2S. The molecule has 1 N–H and O–H groups in total. The summed E-state index contributed by atoms with van der Waals surface area (Å²) in [5, 5.41) is 11.8. The normalized spacial score (nSPS) is 34.6. The van der Waals surface area contributed by atoms with Gasteiger partial charge in [-0.25, -0.2) is 4.39 Å². The number of thioether (sulfide) groups is 1. The molecule has 2 aliphatic heterocycles. The molecule has 0 radical (unpaired) electrons. The van der Waals surface area contributed by atoms with Gasteiger partial charge in [-0.1, -0.05) is 6.07 Å². The second-order valence-electron chi connectivity index (χ2n) is 5.21. The van der Waals surface area contributed by atoms with Crippen LogP contribution in [0, 0.1) is 5.82 Å². The maximum absolute atomic E-state index is 14.1. The first-order chi connectivity index (χ1) is 8.62. The van der Waals surface area contributed by atoms with Crippen LogP contribution >= 0.6 is 11.8 Å². The van der Waals surface area contributed by atoms with Crippen molar-refractivity contribution >= 4 is 11.8 Å². The zero-order chi connectivity index (χ0) is 12.8. The second kappa shape index (κ2) is 4.42. The van der Waals surface area contributed by atoms with Gasteiger partial charge in [0.2, 0.25) is 0 Å². The summed E-state index contributed by atoms with van der Waals surface area (Å²) in [7, 11) is 1.52. The van der Waals surface area contributed by atoms with Crippen molar-refractivity contribution in [2.24, 2.45) is 0 Å². The largest absolute Gasteiger partial charge is 0.496 e. The van der Waals surface area contributed by atoms with Crippen molar-refractivity contribution in [1.29, 1.82) is 0 Å². The van der Waals surface area contributed by atoms with Crippen LogP contribution in [-0.2, 0) is 5.60 Å². The van der Waals surface area contributed by atoms with E-state index in [0.717, 1.165) is 12.8 Å². The fourth-order valence-corrected chi connectivity index (χ4v) is 5.08. The number of benzene rings is 1. The molecule has 0 saturated carbocycles. The summed E-state index contributed by atoms with van der Waals surface area (Å²) in [6.45, 7) is 0. The summed E-state index contributed by atoms with van der Waals surface area (Å²) in [6.07, 6.45) is 3.53. The Balaban J connectivity index is 2.03. The lowest BCUT2D eigenvalue weighted by molar-refractivity contribution is 0.0139. The Morgan fingerprint density at radius 2 is 2.00 bits per heavy atom. The number of aliphatic hydroxyl groups is 1. The highest BCUT2D eigenvalue weighted by atomic mass is 32.2. The van der Waals surface area contributed by atoms with Crippen LogP contribution in [0.15, 0.2) is 18.2 Å². The average molecular weight is 268 g/mol. The van der Waals surface area contributed by atoms with Crippen molar-refractivity contribution in [2.75, 3.05) is 7.11 Å². The van der Waals surface area contributed by atoms with Crippen LogP contribution in [-0.4, -0.2) is 22.7 Å². The Labute approximate surface area is 111 Å². The molecule has 0 spiro atoms. The summed E-state index contributed by atoms with van der Waals surface area (Å²) in [5.74, 6) is 0.104. The number of methoxy groups -OCH3 is 1. The van der Waals surface area contributed by atoms with Gasteiger partial charge >= 0.3 is 0 Å². The molecule has 1 aromatic carbocycles. The standard InChI is InChI=1S/C14H17FO2S/c1-17-12-4-2-3-11(15)13(12)14(16)7-9-5-6-10(8-14)18-9/h2-4,9-10,16H,5-8H2,1H3. The summed E-state index contributed by atoms with van der Waals surface area (Å²) in [5.41, 5.74) is -0.710. The molecule has 2 atom stereocenters. The average Bonchev–Trinajstić information content (AvgIpc) is 2.68. The Kier molecular flexibility index (Phi) is 3.02. The highest BCUT2D eigenvalue weighted by molar-refractivity contribution is 8.00. The summed E-state index contributed by atoms with van der Waals surface area (Å²) in [6, 6.07) is 4.74. The molecule has 2 saturated heterocycles. The van der Waals surface area contributed by atoms with E-state index in [9.17, 15) is 9.50 Å². The van der Waals surface area contributed by atoms with Gasteiger partial charge in [-0.2, -0.15) is 11.8 Å². The molecule has 18 heavy (non-hydrogen) atoms. The SMILES string of the molecule is COc1cccc(F)c1C1(O)CC2CCC(C1)S2. The molecule has 1 aromatic rings. The van der Waals surface area contributed by atoms with Crippen molar-refractivity contribution in [2.45, 2.75) is 41.8 Å². The van der Waals surface area contributed by atoms with Gasteiger partial charge in [0.1, 0.15) is 11.6 Å². The maximum atomic E-state index is 14.1. The van der Waals surface area contributed by atoms with Gasteiger partial charge in [-0.05, 0) is 37.8 Å². The van der Waals surface area contributed by atoms with Gasteiger partial charge in [0.25, 0.3) is 0 Å². The van der Waals surface area contributed by atoms with Crippen LogP contribution in [0.2, 0.25) is 0 Å². The molecule has 0 aliphatic carbocycles. The summed E-state index contributed by atoms with van der Waals surface area (Å²) in [4.78, 5) is 0. The maximum Gasteiger partial charge on any atom is 0.133 e. The topological polar surface area (TPSA) is 29.5 Å². The van der Waals surface area contributed by atoms with Gasteiger partial charge in [0.15, 0.2) is 0 Å². The number of hydrogen-bond acceptors (Lipinski definition) is 3. The smallest absolute Gasteiger partial charge is 0.133 e. The number of hydrogen-bond donors (Lipinski definition) is 1. The van der Waals surface area contributed by atoms with Gasteiger partial charge in [0, 0.05) is 10.5 Å². The Morgan fingerprint density at radius 1 is 1.33 bits per heavy atom. The molecule has 3 rings (SSSR count). The van der Waals surface area contributed by atoms with Gasteiger partial charge in [-0.3, -0.25) is 0 Å². The van der Waals surface area contributed by atoms with Gasteiger partial charge in [-0.15, -0.1) is 0 Å². The molecule has 2 bridgehead atoms. The lowest BCUT2D eigenvalue weighted by Gasteiger charge is -2.37. The van der Waals surface area contributed by atoms with Crippen molar-refractivity contribution in [3.05, 3.63) is 29.6 Å². The molecule has 98 valence electrons. The van der Waals surface area contributed by atoms with Crippen LogP contribution in [0.5, 0.6) is 5.75 Å². The number of ether oxygens (including phenoxy) is 1. The molecule has 2 heterocycles. The van der Waals surface area contributed by atoms with Crippen LogP contribution in [0.1, 0.15) is 31.2 Å². The zero-order valence-electron chi connectivity index (χ0n) is 10.4. The fourth-order valence-electron chi connectivity index (χ4n) is 3.25. The Morgan fingerprint density at radius 3 is 2.61 bits per heavy atom. The third kappa shape index (κ3) is 1.91. The molecule has 0 aromatic heterocycles. The monoisotopic (exact) mass is 268 g/mol. The Bertz CT molecular complexity index is 451. The third-order valence-electron chi connectivity index (χ3n) is 3.99. The molecule has 0 amide bonds. The van der Waals surface area contributed by atoms with Crippen LogP contribution < -0.4 is 4.74 Å². The number of rotatable bonds is 2. The predicted molar refractivity (Wildman–Crippen MR) is 70.5 cm³/mol. The van der Waals surface area contributed by atoms with Gasteiger partial charge < -0.3 is 9.84 Å². The fraction of sp³-hybridized carbons (Fsp3) is 0.571. The van der Waals surface area contributed by atoms with E-state index in [1.54, 1.807) is 12.1 Å². The van der Waals surface area contributed by atoms with Crippen LogP contribution in [0.25, 0.3) is 0 Å². The van der Waals surface area contributed by atoms with E-state index in [4.69, 9.17) is 4.74 Å². The minimum absolute atomic E-state index is 0.352. The van der Waals surface area contributed by atoms with Crippen molar-refractivity contribution in [3.8, 4) is 5.75 Å². The van der Waals surface area contributed by atoms with Crippen LogP contribution in [0.3, 0.4) is 0 Å². The minimum atomic E-state index is -1.06. The van der Waals surface area contributed by atoms with Crippen molar-refractivity contribution in [3.63, 3.8) is 0 Å². The van der Waals surface area contributed by atoms with E-state index in [-0.39, 0.29) is 5.82 Å². The molecule has 4 heteroatoms. The van der Waals surface area contributed by atoms with E-state index < -0.39 is 5.60 Å². The second-order valence-corrected chi connectivity index (χ2v) is 6.82. The van der Waals surface area contributed by atoms with E-state index in [1.165, 1.54) is 13.2 Å². The first kappa shape index (κ1) is 12.3. The van der Waals surface area contributed by atoms with E-state index in [2.05, 4.69) is 0 Å². The summed E-state index contributed by atoms with van der Waals surface area (Å²) >= 11 is 1.95. The van der Waals surface area contributed by atoms with Crippen LogP contribution in [0.4, 0.5) is 4.39 Å². The van der Waals surface area contributed by atoms with Gasteiger partial charge in [0.05, 0.1) is 18.3 Å². The lowest BCUT2D eigenvalue weighted by atomic mass is 9.85. The first-order valence-corrected chi connectivity index (χ1v) is 7.27. The Hall–Kier alpha value is -0.740. The zero-order valence-corrected chi connectivity index (χ0v) is 11.2. The highest BCUT2D eigenvalue weighted by Gasteiger charge is 2.46.